The summed E-state index contributed by atoms with van der Waals surface area (Å²) in [5.41, 5.74) is 3.65. The predicted octanol–water partition coefficient (Wildman–Crippen LogP) is 4.74. The van der Waals surface area contributed by atoms with Gasteiger partial charge >= 0.3 is 0 Å². The molecule has 0 atom stereocenters. The number of benzene rings is 1. The van der Waals surface area contributed by atoms with Gasteiger partial charge in [-0.1, -0.05) is 18.2 Å². The van der Waals surface area contributed by atoms with E-state index in [4.69, 9.17) is 9.42 Å². The third kappa shape index (κ3) is 4.53. The zero-order valence-electron chi connectivity index (χ0n) is 13.3. The number of hydrogen-bond donors (Lipinski definition) is 0. The quantitative estimate of drug-likeness (QED) is 0.603. The maximum absolute atomic E-state index is 6.10. The van der Waals surface area contributed by atoms with Crippen LogP contribution in [-0.2, 0) is 0 Å². The molecule has 1 aromatic heterocycles. The minimum absolute atomic E-state index is 0.851. The van der Waals surface area contributed by atoms with Crippen LogP contribution in [0.3, 0.4) is 0 Å². The van der Waals surface area contributed by atoms with E-state index in [1.165, 1.54) is 0 Å². The molecule has 0 bridgehead atoms. The van der Waals surface area contributed by atoms with Crippen molar-refractivity contribution in [3.63, 3.8) is 0 Å². The third-order valence-electron chi connectivity index (χ3n) is 2.83. The van der Waals surface area contributed by atoms with Crippen LogP contribution in [0.4, 0.5) is 5.69 Å². The molecule has 0 saturated carbocycles. The highest BCUT2D eigenvalue weighted by Gasteiger charge is 2.18. The maximum atomic E-state index is 6.10. The number of rotatable bonds is 4. The van der Waals surface area contributed by atoms with E-state index in [2.05, 4.69) is 24.6 Å². The van der Waals surface area contributed by atoms with Crippen molar-refractivity contribution < 1.29 is 4.43 Å². The summed E-state index contributed by atoms with van der Waals surface area (Å²) in [6.45, 7) is 10.5. The van der Waals surface area contributed by atoms with Gasteiger partial charge in [0.25, 0.3) is 0 Å². The van der Waals surface area contributed by atoms with Crippen LogP contribution in [0, 0.1) is 6.92 Å². The predicted molar refractivity (Wildman–Crippen MR) is 91.3 cm³/mol. The number of nitrogens with zero attached hydrogens (tertiary/aromatic N) is 2. The Kier molecular flexibility index (Phi) is 4.58. The standard InChI is InChI=1S/C17H22N2OSi/c1-13-9-8-11-15(18-13)14(2)19-16-10-6-7-12-17(16)20-21(3,4)5/h6-12H,1-5H3/b19-14-. The van der Waals surface area contributed by atoms with Gasteiger partial charge in [-0.25, -0.2) is 4.99 Å². The van der Waals surface area contributed by atoms with Gasteiger partial charge in [0.05, 0.1) is 11.4 Å². The average Bonchev–Trinajstić information content (AvgIpc) is 2.39. The van der Waals surface area contributed by atoms with Gasteiger partial charge in [0.1, 0.15) is 11.4 Å². The van der Waals surface area contributed by atoms with Gasteiger partial charge in [0.15, 0.2) is 0 Å². The lowest BCUT2D eigenvalue weighted by Gasteiger charge is -2.20. The SMILES string of the molecule is C/C(=N/c1ccccc1O[Si](C)(C)C)c1cccc(C)n1. The van der Waals surface area contributed by atoms with Crippen LogP contribution >= 0.6 is 0 Å². The van der Waals surface area contributed by atoms with E-state index < -0.39 is 8.32 Å². The second kappa shape index (κ2) is 6.22. The van der Waals surface area contributed by atoms with E-state index in [1.54, 1.807) is 0 Å². The Morgan fingerprint density at radius 2 is 1.76 bits per heavy atom. The van der Waals surface area contributed by atoms with Gasteiger partial charge in [-0.15, -0.1) is 0 Å². The molecule has 3 nitrogen and oxygen atoms in total. The normalized spacial score (nSPS) is 12.3. The molecule has 4 heteroatoms. The highest BCUT2D eigenvalue weighted by molar-refractivity contribution is 6.70. The topological polar surface area (TPSA) is 34.5 Å². The second-order valence-corrected chi connectivity index (χ2v) is 10.5. The molecule has 0 aliphatic rings. The van der Waals surface area contributed by atoms with Crippen LogP contribution in [-0.4, -0.2) is 19.0 Å². The van der Waals surface area contributed by atoms with E-state index in [0.717, 1.165) is 28.5 Å². The van der Waals surface area contributed by atoms with Gasteiger partial charge in [0, 0.05) is 5.69 Å². The van der Waals surface area contributed by atoms with Crippen molar-refractivity contribution in [2.24, 2.45) is 4.99 Å². The number of pyridine rings is 1. The van der Waals surface area contributed by atoms with Crippen molar-refractivity contribution in [1.82, 2.24) is 4.98 Å². The molecule has 0 radical (unpaired) electrons. The van der Waals surface area contributed by atoms with Crippen molar-refractivity contribution in [1.29, 1.82) is 0 Å². The summed E-state index contributed by atoms with van der Waals surface area (Å²) in [5, 5.41) is 0. The monoisotopic (exact) mass is 298 g/mol. The summed E-state index contributed by atoms with van der Waals surface area (Å²) in [6.07, 6.45) is 0. The molecule has 0 unspecified atom stereocenters. The number of aliphatic imine (C=N–C) groups is 1. The Morgan fingerprint density at radius 1 is 1.05 bits per heavy atom. The van der Waals surface area contributed by atoms with Crippen molar-refractivity contribution in [3.05, 3.63) is 53.9 Å². The summed E-state index contributed by atoms with van der Waals surface area (Å²) in [4.78, 5) is 9.22. The maximum Gasteiger partial charge on any atom is 0.242 e. The first kappa shape index (κ1) is 15.4. The smallest absolute Gasteiger partial charge is 0.242 e. The molecule has 2 aromatic rings. The van der Waals surface area contributed by atoms with E-state index in [1.807, 2.05) is 56.3 Å². The Balaban J connectivity index is 2.36. The average molecular weight is 298 g/mol. The van der Waals surface area contributed by atoms with E-state index in [0.29, 0.717) is 0 Å². The number of para-hydroxylation sites is 2. The molecule has 0 aliphatic carbocycles. The fourth-order valence-electron chi connectivity index (χ4n) is 1.95. The van der Waals surface area contributed by atoms with E-state index in [9.17, 15) is 0 Å². The molecule has 0 fully saturated rings. The summed E-state index contributed by atoms with van der Waals surface area (Å²) < 4.78 is 6.10. The summed E-state index contributed by atoms with van der Waals surface area (Å²) >= 11 is 0. The molecular weight excluding hydrogens is 276 g/mol. The fraction of sp³-hybridized carbons (Fsp3) is 0.294. The minimum Gasteiger partial charge on any atom is -0.543 e. The lowest BCUT2D eigenvalue weighted by atomic mass is 10.2. The van der Waals surface area contributed by atoms with Crippen molar-refractivity contribution >= 4 is 19.7 Å². The van der Waals surface area contributed by atoms with Crippen molar-refractivity contribution in [2.75, 3.05) is 0 Å². The summed E-state index contributed by atoms with van der Waals surface area (Å²) in [7, 11) is -1.65. The number of hydrogen-bond acceptors (Lipinski definition) is 3. The van der Waals surface area contributed by atoms with E-state index >= 15 is 0 Å². The van der Waals surface area contributed by atoms with Crippen LogP contribution in [0.15, 0.2) is 47.5 Å². The first-order valence-corrected chi connectivity index (χ1v) is 10.5. The largest absolute Gasteiger partial charge is 0.543 e. The molecule has 0 aliphatic heterocycles. The molecule has 110 valence electrons. The van der Waals surface area contributed by atoms with Gasteiger partial charge < -0.3 is 4.43 Å². The van der Waals surface area contributed by atoms with Crippen LogP contribution in [0.1, 0.15) is 18.3 Å². The van der Waals surface area contributed by atoms with Gasteiger partial charge in [-0.3, -0.25) is 4.98 Å². The second-order valence-electron chi connectivity index (χ2n) is 6.04. The lowest BCUT2D eigenvalue weighted by molar-refractivity contribution is 0.559. The molecule has 1 heterocycles. The fourth-order valence-corrected chi connectivity index (χ4v) is 2.78. The summed E-state index contributed by atoms with van der Waals surface area (Å²) in [6, 6.07) is 13.9. The van der Waals surface area contributed by atoms with Crippen LogP contribution in [0.5, 0.6) is 5.75 Å². The lowest BCUT2D eigenvalue weighted by Crippen LogP contribution is -2.29. The van der Waals surface area contributed by atoms with Crippen molar-refractivity contribution in [2.45, 2.75) is 33.5 Å². The first-order chi connectivity index (χ1) is 9.85. The van der Waals surface area contributed by atoms with Crippen LogP contribution in [0.2, 0.25) is 19.6 Å². The van der Waals surface area contributed by atoms with Crippen molar-refractivity contribution in [3.8, 4) is 5.75 Å². The Hall–Kier alpha value is -1.94. The van der Waals surface area contributed by atoms with Crippen LogP contribution < -0.4 is 4.43 Å². The van der Waals surface area contributed by atoms with E-state index in [-0.39, 0.29) is 0 Å². The highest BCUT2D eigenvalue weighted by atomic mass is 28.4. The van der Waals surface area contributed by atoms with Gasteiger partial charge in [0.2, 0.25) is 8.32 Å². The Morgan fingerprint density at radius 3 is 2.43 bits per heavy atom. The summed E-state index contributed by atoms with van der Waals surface area (Å²) in [5.74, 6) is 0.851. The molecule has 0 spiro atoms. The minimum atomic E-state index is -1.65. The van der Waals surface area contributed by atoms with Crippen LogP contribution in [0.25, 0.3) is 0 Å². The Bertz CT molecular complexity index is 660. The number of aryl methyl sites for hydroxylation is 1. The molecule has 21 heavy (non-hydrogen) atoms. The zero-order chi connectivity index (χ0) is 15.5. The zero-order valence-corrected chi connectivity index (χ0v) is 14.3. The molecular formula is C17H22N2OSi. The molecule has 2 rings (SSSR count). The third-order valence-corrected chi connectivity index (χ3v) is 3.66. The Labute approximate surface area is 127 Å². The molecule has 0 N–H and O–H groups in total. The number of aromatic nitrogens is 1. The van der Waals surface area contributed by atoms with Gasteiger partial charge in [-0.05, 0) is 57.8 Å². The highest BCUT2D eigenvalue weighted by Crippen LogP contribution is 2.29. The molecule has 0 saturated heterocycles. The van der Waals surface area contributed by atoms with Gasteiger partial charge in [-0.2, -0.15) is 0 Å². The molecule has 1 aromatic carbocycles. The first-order valence-electron chi connectivity index (χ1n) is 7.12. The molecule has 0 amide bonds.